The molecule has 0 unspecified atom stereocenters. The van der Waals surface area contributed by atoms with Crippen molar-refractivity contribution < 1.29 is 32.2 Å². The predicted molar refractivity (Wildman–Crippen MR) is 87.4 cm³/mol. The summed E-state index contributed by atoms with van der Waals surface area (Å²) in [7, 11) is 0. The monoisotopic (exact) mass is 367 g/mol. The van der Waals surface area contributed by atoms with E-state index in [1.165, 1.54) is 13.0 Å². The maximum atomic E-state index is 13.6. The third-order valence-corrected chi connectivity index (χ3v) is 3.35. The fourth-order valence-electron chi connectivity index (χ4n) is 2.05. The Hall–Kier alpha value is -3.03. The molecule has 0 saturated carbocycles. The number of nitrogens with one attached hydrogen (secondary N) is 1. The minimum Gasteiger partial charge on any atom is -0.493 e. The summed E-state index contributed by atoms with van der Waals surface area (Å²) < 4.78 is 50.0. The second-order valence-corrected chi connectivity index (χ2v) is 5.19. The molecule has 138 valence electrons. The summed E-state index contributed by atoms with van der Waals surface area (Å²) >= 11 is 0. The normalized spacial score (nSPS) is 11.6. The molecule has 0 aliphatic heterocycles. The Bertz CT molecular complexity index is 826. The van der Waals surface area contributed by atoms with Crippen LogP contribution >= 0.6 is 0 Å². The van der Waals surface area contributed by atoms with Gasteiger partial charge in [0.2, 0.25) is 0 Å². The van der Waals surface area contributed by atoms with Crippen molar-refractivity contribution in [1.82, 2.24) is 0 Å². The van der Waals surface area contributed by atoms with E-state index in [9.17, 15) is 22.8 Å². The van der Waals surface area contributed by atoms with E-state index in [0.29, 0.717) is 18.4 Å². The lowest BCUT2D eigenvalue weighted by Gasteiger charge is -2.15. The summed E-state index contributed by atoms with van der Waals surface area (Å²) in [6, 6.07) is 7.84. The number of hydrogen-bond donors (Lipinski definition) is 1. The third-order valence-electron chi connectivity index (χ3n) is 3.35. The van der Waals surface area contributed by atoms with Crippen molar-refractivity contribution in [3.05, 3.63) is 59.4 Å². The number of ether oxygens (including phenoxy) is 2. The van der Waals surface area contributed by atoms with Gasteiger partial charge in [-0.1, -0.05) is 12.1 Å². The van der Waals surface area contributed by atoms with Gasteiger partial charge in [-0.05, 0) is 38.1 Å². The van der Waals surface area contributed by atoms with Crippen LogP contribution < -0.4 is 10.1 Å². The van der Waals surface area contributed by atoms with Crippen LogP contribution in [0.3, 0.4) is 0 Å². The Morgan fingerprint density at radius 1 is 1.08 bits per heavy atom. The molecule has 1 N–H and O–H groups in total. The van der Waals surface area contributed by atoms with Crippen LogP contribution in [0.15, 0.2) is 36.4 Å². The molecule has 0 aromatic heterocycles. The highest BCUT2D eigenvalue weighted by Crippen LogP contribution is 2.21. The van der Waals surface area contributed by atoms with E-state index >= 15 is 0 Å². The van der Waals surface area contributed by atoms with E-state index in [-0.39, 0.29) is 5.56 Å². The first-order valence-corrected chi connectivity index (χ1v) is 7.72. The lowest BCUT2D eigenvalue weighted by molar-refractivity contribution is -0.123. The van der Waals surface area contributed by atoms with Crippen LogP contribution in [0.4, 0.5) is 18.9 Å². The van der Waals surface area contributed by atoms with Crippen molar-refractivity contribution in [2.45, 2.75) is 20.0 Å². The van der Waals surface area contributed by atoms with Gasteiger partial charge < -0.3 is 14.8 Å². The largest absolute Gasteiger partial charge is 0.493 e. The van der Waals surface area contributed by atoms with Gasteiger partial charge in [0, 0.05) is 0 Å². The highest BCUT2D eigenvalue weighted by molar-refractivity contribution is 5.98. The molecule has 5 nitrogen and oxygen atoms in total. The number of esters is 1. The molecule has 0 aliphatic rings. The zero-order valence-electron chi connectivity index (χ0n) is 14.0. The number of para-hydroxylation sites is 1. The first-order chi connectivity index (χ1) is 12.3. The molecule has 0 fully saturated rings. The van der Waals surface area contributed by atoms with Gasteiger partial charge in [-0.2, -0.15) is 0 Å². The van der Waals surface area contributed by atoms with Crippen molar-refractivity contribution >= 4 is 17.6 Å². The first kappa shape index (κ1) is 19.3. The second kappa shape index (κ2) is 8.37. The van der Waals surface area contributed by atoms with Crippen LogP contribution in [0, 0.1) is 17.5 Å². The maximum absolute atomic E-state index is 13.6. The van der Waals surface area contributed by atoms with Gasteiger partial charge in [-0.3, -0.25) is 4.79 Å². The Morgan fingerprint density at radius 2 is 1.77 bits per heavy atom. The molecular formula is C18H16F3NO4. The molecule has 2 rings (SSSR count). The molecule has 0 saturated heterocycles. The van der Waals surface area contributed by atoms with Crippen molar-refractivity contribution in [2.24, 2.45) is 0 Å². The number of carbonyl (C=O) groups excluding carboxylic acids is 2. The number of halogens is 3. The zero-order chi connectivity index (χ0) is 19.3. The third kappa shape index (κ3) is 4.33. The molecule has 1 amide bonds. The minimum atomic E-state index is -1.71. The number of carbonyl (C=O) groups is 2. The Balaban J connectivity index is 2.08. The van der Waals surface area contributed by atoms with Gasteiger partial charge in [-0.15, -0.1) is 0 Å². The SMILES string of the molecule is CCOc1ccccc1C(=O)O[C@@H](C)C(=O)Nc1ccc(F)c(F)c1F. The number of benzene rings is 2. The van der Waals surface area contributed by atoms with Crippen molar-refractivity contribution in [2.75, 3.05) is 11.9 Å². The Morgan fingerprint density at radius 3 is 2.46 bits per heavy atom. The topological polar surface area (TPSA) is 64.6 Å². The molecule has 2 aromatic carbocycles. The summed E-state index contributed by atoms with van der Waals surface area (Å²) in [5.74, 6) is -6.07. The Labute approximate surface area is 147 Å². The van der Waals surface area contributed by atoms with Gasteiger partial charge >= 0.3 is 5.97 Å². The molecule has 8 heteroatoms. The maximum Gasteiger partial charge on any atom is 0.342 e. The van der Waals surface area contributed by atoms with Gasteiger partial charge in [0.25, 0.3) is 5.91 Å². The van der Waals surface area contributed by atoms with E-state index in [4.69, 9.17) is 9.47 Å². The van der Waals surface area contributed by atoms with E-state index in [1.54, 1.807) is 25.1 Å². The fraction of sp³-hybridized carbons (Fsp3) is 0.222. The van der Waals surface area contributed by atoms with Crippen LogP contribution in [-0.4, -0.2) is 24.6 Å². The molecular weight excluding hydrogens is 351 g/mol. The molecule has 0 aliphatic carbocycles. The van der Waals surface area contributed by atoms with Gasteiger partial charge in [0.05, 0.1) is 12.3 Å². The van der Waals surface area contributed by atoms with E-state index in [1.807, 2.05) is 5.32 Å². The summed E-state index contributed by atoms with van der Waals surface area (Å²) in [5, 5.41) is 2.05. The zero-order valence-corrected chi connectivity index (χ0v) is 14.0. The van der Waals surface area contributed by atoms with Crippen molar-refractivity contribution in [1.29, 1.82) is 0 Å². The van der Waals surface area contributed by atoms with Crippen molar-refractivity contribution in [3.8, 4) is 5.75 Å². The molecule has 0 spiro atoms. The number of amides is 1. The van der Waals surface area contributed by atoms with Crippen LogP contribution in [0.1, 0.15) is 24.2 Å². The molecule has 0 radical (unpaired) electrons. The van der Waals surface area contributed by atoms with Crippen LogP contribution in [-0.2, 0) is 9.53 Å². The van der Waals surface area contributed by atoms with E-state index in [2.05, 4.69) is 0 Å². The number of rotatable bonds is 6. The summed E-state index contributed by atoms with van der Waals surface area (Å²) in [6.07, 6.45) is -1.32. The second-order valence-electron chi connectivity index (χ2n) is 5.19. The smallest absolute Gasteiger partial charge is 0.342 e. The molecule has 1 atom stereocenters. The van der Waals surface area contributed by atoms with Crippen LogP contribution in [0.2, 0.25) is 0 Å². The van der Waals surface area contributed by atoms with Crippen LogP contribution in [0.5, 0.6) is 5.75 Å². The molecule has 0 bridgehead atoms. The summed E-state index contributed by atoms with van der Waals surface area (Å²) in [4.78, 5) is 24.2. The van der Waals surface area contributed by atoms with Gasteiger partial charge in [0.15, 0.2) is 23.6 Å². The van der Waals surface area contributed by atoms with Crippen LogP contribution in [0.25, 0.3) is 0 Å². The fourth-order valence-corrected chi connectivity index (χ4v) is 2.05. The lowest BCUT2D eigenvalue weighted by Crippen LogP contribution is -2.30. The number of anilines is 1. The molecule has 2 aromatic rings. The number of hydrogen-bond acceptors (Lipinski definition) is 4. The molecule has 26 heavy (non-hydrogen) atoms. The minimum absolute atomic E-state index is 0.119. The summed E-state index contributed by atoms with van der Waals surface area (Å²) in [6.45, 7) is 3.33. The van der Waals surface area contributed by atoms with E-state index in [0.717, 1.165) is 6.07 Å². The van der Waals surface area contributed by atoms with Gasteiger partial charge in [0.1, 0.15) is 11.3 Å². The Kier molecular flexibility index (Phi) is 6.21. The highest BCUT2D eigenvalue weighted by atomic mass is 19.2. The summed E-state index contributed by atoms with van der Waals surface area (Å²) in [5.41, 5.74) is -0.445. The standard InChI is InChI=1S/C18H16F3NO4/c1-3-25-14-7-5-4-6-11(14)18(24)26-10(2)17(23)22-13-9-8-12(19)15(20)16(13)21/h4-10H,3H2,1-2H3,(H,22,23)/t10-/m0/s1. The van der Waals surface area contributed by atoms with Gasteiger partial charge in [-0.25, -0.2) is 18.0 Å². The quantitative estimate of drug-likeness (QED) is 0.625. The highest BCUT2D eigenvalue weighted by Gasteiger charge is 2.23. The van der Waals surface area contributed by atoms with Crippen molar-refractivity contribution in [3.63, 3.8) is 0 Å². The average molecular weight is 367 g/mol. The predicted octanol–water partition coefficient (Wildman–Crippen LogP) is 3.69. The van der Waals surface area contributed by atoms with E-state index < -0.39 is 41.1 Å². The lowest BCUT2D eigenvalue weighted by atomic mass is 10.2. The first-order valence-electron chi connectivity index (χ1n) is 7.72. The average Bonchev–Trinajstić information content (AvgIpc) is 2.62. The molecule has 0 heterocycles.